The average molecular weight is 365 g/mol. The zero-order valence-electron chi connectivity index (χ0n) is 15.8. The summed E-state index contributed by atoms with van der Waals surface area (Å²) in [4.78, 5) is 15.2. The lowest BCUT2D eigenvalue weighted by atomic mass is 9.86. The summed E-state index contributed by atoms with van der Waals surface area (Å²) in [6.07, 6.45) is 5.48. The number of hydrogen-bond acceptors (Lipinski definition) is 2. The molecule has 1 amide bonds. The third-order valence-corrected chi connectivity index (χ3v) is 5.98. The fraction of sp³-hybridized carbons (Fsp3) is 0.667. The Morgan fingerprint density at radius 2 is 1.80 bits per heavy atom. The second-order valence-electron chi connectivity index (χ2n) is 8.59. The number of halogens is 1. The molecule has 0 bridgehead atoms. The summed E-state index contributed by atoms with van der Waals surface area (Å²) in [7, 11) is 0. The lowest BCUT2D eigenvalue weighted by Crippen LogP contribution is -2.38. The molecule has 3 nitrogen and oxygen atoms in total. The van der Waals surface area contributed by atoms with E-state index in [2.05, 4.69) is 49.9 Å². The standard InChI is InChI=1S/C21H32N2O.ClH/c1-21(2,3)17-11-9-15(10-12-17)19-8-5-13-23(19)20(24)18-7-4-6-16(18)14-22;/h9-12,16,18-19H,4-8,13-14,22H2,1-3H3;1H/t16-,18-,19?;/m1./s1. The van der Waals surface area contributed by atoms with Gasteiger partial charge >= 0.3 is 0 Å². The van der Waals surface area contributed by atoms with Gasteiger partial charge in [-0.1, -0.05) is 51.5 Å². The normalized spacial score (nSPS) is 26.6. The summed E-state index contributed by atoms with van der Waals surface area (Å²) in [5.41, 5.74) is 8.70. The Morgan fingerprint density at radius 3 is 2.40 bits per heavy atom. The van der Waals surface area contributed by atoms with E-state index in [1.54, 1.807) is 0 Å². The molecule has 0 aromatic heterocycles. The number of carbonyl (C=O) groups is 1. The zero-order valence-corrected chi connectivity index (χ0v) is 16.6. The molecule has 2 aliphatic rings. The van der Waals surface area contributed by atoms with Gasteiger partial charge in [0.1, 0.15) is 0 Å². The number of likely N-dealkylation sites (tertiary alicyclic amines) is 1. The van der Waals surface area contributed by atoms with Gasteiger partial charge in [0, 0.05) is 12.5 Å². The van der Waals surface area contributed by atoms with E-state index in [-0.39, 0.29) is 29.8 Å². The molecule has 1 saturated carbocycles. The highest BCUT2D eigenvalue weighted by atomic mass is 35.5. The largest absolute Gasteiger partial charge is 0.335 e. The average Bonchev–Trinajstić information content (AvgIpc) is 3.22. The van der Waals surface area contributed by atoms with Crippen molar-refractivity contribution < 1.29 is 4.79 Å². The lowest BCUT2D eigenvalue weighted by molar-refractivity contribution is -0.137. The van der Waals surface area contributed by atoms with Gasteiger partial charge in [-0.25, -0.2) is 0 Å². The molecule has 1 aliphatic carbocycles. The predicted molar refractivity (Wildman–Crippen MR) is 106 cm³/mol. The quantitative estimate of drug-likeness (QED) is 0.861. The molecule has 3 atom stereocenters. The third-order valence-electron chi connectivity index (χ3n) is 5.98. The summed E-state index contributed by atoms with van der Waals surface area (Å²) in [6, 6.07) is 9.17. The van der Waals surface area contributed by atoms with Crippen molar-refractivity contribution in [3.8, 4) is 0 Å². The molecule has 2 fully saturated rings. The SMILES string of the molecule is CC(C)(C)c1ccc(C2CCCN2C(=O)[C@@H]2CCC[C@@H]2CN)cc1.Cl. The second-order valence-corrected chi connectivity index (χ2v) is 8.59. The minimum Gasteiger partial charge on any atom is -0.335 e. The lowest BCUT2D eigenvalue weighted by Gasteiger charge is -2.30. The van der Waals surface area contributed by atoms with Gasteiger partial charge in [-0.15, -0.1) is 12.4 Å². The van der Waals surface area contributed by atoms with Crippen LogP contribution >= 0.6 is 12.4 Å². The molecule has 4 heteroatoms. The van der Waals surface area contributed by atoms with Gasteiger partial charge in [0.2, 0.25) is 5.91 Å². The number of hydrogen-bond donors (Lipinski definition) is 1. The Kier molecular flexibility index (Phi) is 6.56. The van der Waals surface area contributed by atoms with Crippen LogP contribution in [-0.2, 0) is 10.2 Å². The smallest absolute Gasteiger partial charge is 0.226 e. The van der Waals surface area contributed by atoms with Gasteiger partial charge < -0.3 is 10.6 Å². The van der Waals surface area contributed by atoms with Gasteiger partial charge in [0.05, 0.1) is 6.04 Å². The molecular weight excluding hydrogens is 332 g/mol. The van der Waals surface area contributed by atoms with Crippen molar-refractivity contribution in [1.82, 2.24) is 4.90 Å². The van der Waals surface area contributed by atoms with Crippen LogP contribution in [0.4, 0.5) is 0 Å². The first kappa shape index (κ1) is 20.3. The summed E-state index contributed by atoms with van der Waals surface area (Å²) < 4.78 is 0. The number of benzene rings is 1. The number of nitrogens with zero attached hydrogens (tertiary/aromatic N) is 1. The molecule has 1 heterocycles. The van der Waals surface area contributed by atoms with Crippen LogP contribution in [0.15, 0.2) is 24.3 Å². The van der Waals surface area contributed by atoms with Crippen molar-refractivity contribution in [2.75, 3.05) is 13.1 Å². The number of amides is 1. The fourth-order valence-electron chi connectivity index (χ4n) is 4.44. The van der Waals surface area contributed by atoms with Gasteiger partial charge in [-0.05, 0) is 54.7 Å². The van der Waals surface area contributed by atoms with Crippen molar-refractivity contribution >= 4 is 18.3 Å². The highest BCUT2D eigenvalue weighted by Gasteiger charge is 2.39. The molecule has 1 aliphatic heterocycles. The molecule has 1 aromatic carbocycles. The molecule has 1 aromatic rings. The number of carbonyl (C=O) groups excluding carboxylic acids is 1. The highest BCUT2D eigenvalue weighted by Crippen LogP contribution is 2.38. The predicted octanol–water partition coefficient (Wildman–Crippen LogP) is 4.44. The highest BCUT2D eigenvalue weighted by molar-refractivity contribution is 5.85. The molecule has 3 rings (SSSR count). The molecule has 1 unspecified atom stereocenters. The van der Waals surface area contributed by atoms with E-state index in [1.165, 1.54) is 11.1 Å². The Morgan fingerprint density at radius 1 is 1.12 bits per heavy atom. The maximum atomic E-state index is 13.1. The minimum absolute atomic E-state index is 0. The van der Waals surface area contributed by atoms with Crippen molar-refractivity contribution in [3.05, 3.63) is 35.4 Å². The summed E-state index contributed by atoms with van der Waals surface area (Å²) in [5, 5.41) is 0. The van der Waals surface area contributed by atoms with E-state index >= 15 is 0 Å². The maximum Gasteiger partial charge on any atom is 0.226 e. The summed E-state index contributed by atoms with van der Waals surface area (Å²) in [5.74, 6) is 0.900. The van der Waals surface area contributed by atoms with Crippen molar-refractivity contribution in [3.63, 3.8) is 0 Å². The molecule has 2 N–H and O–H groups in total. The van der Waals surface area contributed by atoms with E-state index in [4.69, 9.17) is 5.73 Å². The van der Waals surface area contributed by atoms with Crippen LogP contribution in [0.25, 0.3) is 0 Å². The van der Waals surface area contributed by atoms with E-state index in [0.29, 0.717) is 18.4 Å². The zero-order chi connectivity index (χ0) is 17.3. The monoisotopic (exact) mass is 364 g/mol. The fourth-order valence-corrected chi connectivity index (χ4v) is 4.44. The topological polar surface area (TPSA) is 46.3 Å². The molecule has 1 saturated heterocycles. The van der Waals surface area contributed by atoms with Gasteiger partial charge in [-0.3, -0.25) is 4.79 Å². The van der Waals surface area contributed by atoms with Crippen LogP contribution in [-0.4, -0.2) is 23.9 Å². The molecule has 0 spiro atoms. The Labute approximate surface area is 158 Å². The van der Waals surface area contributed by atoms with E-state index in [9.17, 15) is 4.79 Å². The first-order chi connectivity index (χ1) is 11.4. The number of nitrogens with two attached hydrogens (primary N) is 1. The van der Waals surface area contributed by atoms with Gasteiger partial charge in [0.25, 0.3) is 0 Å². The summed E-state index contributed by atoms with van der Waals surface area (Å²) >= 11 is 0. The Bertz CT molecular complexity index is 579. The summed E-state index contributed by atoms with van der Waals surface area (Å²) in [6.45, 7) is 8.26. The second kappa shape index (κ2) is 8.09. The van der Waals surface area contributed by atoms with E-state index in [0.717, 1.165) is 38.6 Å². The van der Waals surface area contributed by atoms with Crippen LogP contribution in [0, 0.1) is 11.8 Å². The first-order valence-corrected chi connectivity index (χ1v) is 9.53. The van der Waals surface area contributed by atoms with Gasteiger partial charge in [0.15, 0.2) is 0 Å². The maximum absolute atomic E-state index is 13.1. The van der Waals surface area contributed by atoms with Crippen LogP contribution in [0.3, 0.4) is 0 Å². The Hall–Kier alpha value is -1.06. The Balaban J connectivity index is 0.00000225. The molecule has 140 valence electrons. The van der Waals surface area contributed by atoms with Crippen LogP contribution in [0.5, 0.6) is 0 Å². The van der Waals surface area contributed by atoms with Crippen molar-refractivity contribution in [2.24, 2.45) is 17.6 Å². The van der Waals surface area contributed by atoms with E-state index in [1.807, 2.05) is 0 Å². The van der Waals surface area contributed by atoms with Crippen molar-refractivity contribution in [1.29, 1.82) is 0 Å². The molecular formula is C21H33ClN2O. The van der Waals surface area contributed by atoms with Crippen LogP contribution < -0.4 is 5.73 Å². The van der Waals surface area contributed by atoms with Crippen LogP contribution in [0.1, 0.15) is 70.0 Å². The number of rotatable bonds is 3. The third kappa shape index (κ3) is 4.20. The van der Waals surface area contributed by atoms with Crippen molar-refractivity contribution in [2.45, 2.75) is 64.3 Å². The molecule has 25 heavy (non-hydrogen) atoms. The van der Waals surface area contributed by atoms with Crippen LogP contribution in [0.2, 0.25) is 0 Å². The first-order valence-electron chi connectivity index (χ1n) is 9.53. The molecule has 0 radical (unpaired) electrons. The van der Waals surface area contributed by atoms with E-state index < -0.39 is 0 Å². The van der Waals surface area contributed by atoms with Gasteiger partial charge in [-0.2, -0.15) is 0 Å². The minimum atomic E-state index is 0.